The van der Waals surface area contributed by atoms with E-state index >= 15 is 0 Å². The smallest absolute Gasteiger partial charge is 0.503 e. The van der Waals surface area contributed by atoms with Crippen LogP contribution in [0.25, 0.3) is 0 Å². The average molecular weight is 284 g/mol. The Hall–Kier alpha value is 0.0803. The van der Waals surface area contributed by atoms with Gasteiger partial charge in [-0.2, -0.15) is 6.42 Å². The van der Waals surface area contributed by atoms with Crippen LogP contribution in [0.4, 0.5) is 0 Å². The van der Waals surface area contributed by atoms with E-state index in [9.17, 15) is 4.79 Å². The number of hydrogen-bond donors (Lipinski definition) is 1. The molecule has 0 aliphatic carbocycles. The maximum atomic E-state index is 9.54. The van der Waals surface area contributed by atoms with Gasteiger partial charge in [-0.1, -0.05) is 6.92 Å². The van der Waals surface area contributed by atoms with E-state index in [0.717, 1.165) is 0 Å². The fourth-order valence-corrected chi connectivity index (χ4v) is 0.175. The van der Waals surface area contributed by atoms with Gasteiger partial charge in [-0.25, -0.2) is 0 Å². The van der Waals surface area contributed by atoms with Gasteiger partial charge < -0.3 is 5.11 Å². The van der Waals surface area contributed by atoms with Crippen molar-refractivity contribution in [2.75, 3.05) is 0 Å². The van der Waals surface area contributed by atoms with E-state index in [1.54, 1.807) is 6.92 Å². The Balaban J connectivity index is 0. The minimum Gasteiger partial charge on any atom is -0.503 e. The van der Waals surface area contributed by atoms with Crippen LogP contribution in [-0.2, 0) is 27.2 Å². The third-order valence-electron chi connectivity index (χ3n) is 0.379. The third-order valence-corrected chi connectivity index (χ3v) is 0.379. The molecule has 0 heterocycles. The van der Waals surface area contributed by atoms with Crippen molar-refractivity contribution in [2.45, 2.75) is 13.3 Å². The molecule has 0 aromatic rings. The Kier molecular flexibility index (Phi) is 8.81. The van der Waals surface area contributed by atoms with Gasteiger partial charge in [0, 0.05) is 0 Å². The molecule has 3 heteroatoms. The largest absolute Gasteiger partial charge is 1.00 e. The molecule has 0 amide bonds. The van der Waals surface area contributed by atoms with E-state index in [-0.39, 0.29) is 22.4 Å². The van der Waals surface area contributed by atoms with Crippen molar-refractivity contribution < 1.29 is 32.3 Å². The van der Waals surface area contributed by atoms with Crippen LogP contribution in [0.15, 0.2) is 0 Å². The van der Waals surface area contributed by atoms with Crippen LogP contribution in [-0.4, -0.2) is 11.1 Å². The first-order valence-electron chi connectivity index (χ1n) is 1.83. The second-order valence-electron chi connectivity index (χ2n) is 0.951. The van der Waals surface area contributed by atoms with Crippen LogP contribution in [0, 0.1) is 6.42 Å². The zero-order valence-electron chi connectivity index (χ0n) is 3.94. The third kappa shape index (κ3) is 10.7. The molecule has 0 fully saturated rings. The second-order valence-corrected chi connectivity index (χ2v) is 0.951. The fraction of sp³-hybridized carbons (Fsp3) is 0.500. The Morgan fingerprint density at radius 1 is 1.86 bits per heavy atom. The molecular formula is C4H7AuO2. The number of carbonyl (C=O) groups is 1. The number of aliphatic carboxylic acids is 1. The van der Waals surface area contributed by atoms with Gasteiger partial charge in [0.1, 0.15) is 0 Å². The normalized spacial score (nSPS) is 6.43. The molecule has 7 heavy (non-hydrogen) atoms. The zero-order valence-corrected chi connectivity index (χ0v) is 6.11. The SMILES string of the molecule is CC[CH-]C(=O)O.[Au+]. The predicted octanol–water partition coefficient (Wildman–Crippen LogP) is 0.683. The molecule has 2 nitrogen and oxygen atoms in total. The topological polar surface area (TPSA) is 37.3 Å². The van der Waals surface area contributed by atoms with Gasteiger partial charge in [-0.05, 0) is 0 Å². The Morgan fingerprint density at radius 3 is 2.29 bits per heavy atom. The molecule has 0 unspecified atom stereocenters. The minimum atomic E-state index is -0.836. The zero-order chi connectivity index (χ0) is 4.99. The standard InChI is InChI=1S/C4H7O2.Au/c1-2-3-4(5)6;/h3H,2H2,1H3,(H,5,6);/q-1;+1. The second kappa shape index (κ2) is 6.08. The fourth-order valence-electron chi connectivity index (χ4n) is 0.175. The number of carboxylic acid groups (broad SMARTS) is 1. The van der Waals surface area contributed by atoms with Crippen LogP contribution >= 0.6 is 0 Å². The van der Waals surface area contributed by atoms with Gasteiger partial charge in [0.2, 0.25) is 0 Å². The number of hydrogen-bond acceptors (Lipinski definition) is 1. The van der Waals surface area contributed by atoms with Gasteiger partial charge >= 0.3 is 22.4 Å². The number of rotatable bonds is 2. The van der Waals surface area contributed by atoms with E-state index in [1.807, 2.05) is 0 Å². The van der Waals surface area contributed by atoms with Crippen LogP contribution in [0.1, 0.15) is 13.3 Å². The predicted molar refractivity (Wildman–Crippen MR) is 22.2 cm³/mol. The van der Waals surface area contributed by atoms with Crippen molar-refractivity contribution >= 4 is 5.97 Å². The molecule has 0 aliphatic heterocycles. The minimum absolute atomic E-state index is 0. The summed E-state index contributed by atoms with van der Waals surface area (Å²) in [6.07, 6.45) is 1.81. The van der Waals surface area contributed by atoms with Crippen molar-refractivity contribution in [2.24, 2.45) is 0 Å². The summed E-state index contributed by atoms with van der Waals surface area (Å²) < 4.78 is 0. The summed E-state index contributed by atoms with van der Waals surface area (Å²) in [5.41, 5.74) is 0. The molecule has 0 bridgehead atoms. The van der Waals surface area contributed by atoms with Gasteiger partial charge in [0.15, 0.2) is 5.97 Å². The van der Waals surface area contributed by atoms with Crippen molar-refractivity contribution in [3.8, 4) is 0 Å². The van der Waals surface area contributed by atoms with Gasteiger partial charge in [-0.15, -0.1) is 0 Å². The van der Waals surface area contributed by atoms with Crippen molar-refractivity contribution in [3.63, 3.8) is 0 Å². The molecule has 0 aromatic carbocycles. The summed E-state index contributed by atoms with van der Waals surface area (Å²) in [4.78, 5) is 9.54. The molecule has 0 aromatic heterocycles. The molecule has 1 N–H and O–H groups in total. The van der Waals surface area contributed by atoms with E-state index < -0.39 is 5.97 Å². The van der Waals surface area contributed by atoms with E-state index in [4.69, 9.17) is 5.11 Å². The Labute approximate surface area is 58.4 Å². The molecule has 0 aliphatic rings. The summed E-state index contributed by atoms with van der Waals surface area (Å²) in [6.45, 7) is 1.79. The van der Waals surface area contributed by atoms with E-state index in [0.29, 0.717) is 6.42 Å². The van der Waals surface area contributed by atoms with Crippen molar-refractivity contribution in [3.05, 3.63) is 6.42 Å². The summed E-state index contributed by atoms with van der Waals surface area (Å²) in [5, 5.41) is 7.86. The van der Waals surface area contributed by atoms with Gasteiger partial charge in [0.05, 0.1) is 0 Å². The monoisotopic (exact) mass is 284 g/mol. The van der Waals surface area contributed by atoms with Crippen molar-refractivity contribution in [1.82, 2.24) is 0 Å². The quantitative estimate of drug-likeness (QED) is 0.598. The summed E-state index contributed by atoms with van der Waals surface area (Å²) in [7, 11) is 0. The summed E-state index contributed by atoms with van der Waals surface area (Å²) in [6, 6.07) is 0. The van der Waals surface area contributed by atoms with Crippen LogP contribution in [0.2, 0.25) is 0 Å². The molecule has 46 valence electrons. The maximum Gasteiger partial charge on any atom is 1.00 e. The molecular weight excluding hydrogens is 277 g/mol. The first kappa shape index (κ1) is 10.1. The Morgan fingerprint density at radius 2 is 2.29 bits per heavy atom. The summed E-state index contributed by atoms with van der Waals surface area (Å²) in [5.74, 6) is -0.836. The van der Waals surface area contributed by atoms with E-state index in [1.165, 1.54) is 6.42 Å². The molecule has 0 saturated heterocycles. The first-order valence-corrected chi connectivity index (χ1v) is 1.83. The van der Waals surface area contributed by atoms with Crippen molar-refractivity contribution in [1.29, 1.82) is 0 Å². The molecule has 0 saturated carbocycles. The molecule has 0 spiro atoms. The van der Waals surface area contributed by atoms with Crippen LogP contribution in [0.5, 0.6) is 0 Å². The molecule has 0 radical (unpaired) electrons. The summed E-state index contributed by atoms with van der Waals surface area (Å²) >= 11 is 0. The average Bonchev–Trinajstić information content (AvgIpc) is 1.35. The molecule has 0 atom stereocenters. The van der Waals surface area contributed by atoms with Crippen LogP contribution < -0.4 is 0 Å². The Bertz CT molecular complexity index is 53.7. The van der Waals surface area contributed by atoms with Gasteiger partial charge in [0.25, 0.3) is 0 Å². The molecule has 0 rings (SSSR count). The number of carboxylic acids is 1. The van der Waals surface area contributed by atoms with Crippen LogP contribution in [0.3, 0.4) is 0 Å². The maximum absolute atomic E-state index is 9.54. The first-order chi connectivity index (χ1) is 2.77. The van der Waals surface area contributed by atoms with E-state index in [2.05, 4.69) is 0 Å². The van der Waals surface area contributed by atoms with Gasteiger partial charge in [-0.3, -0.25) is 11.2 Å².